The number of sulfonamides is 1. The average molecular weight is 429 g/mol. The largest absolute Gasteiger partial charge is 0.341 e. The van der Waals surface area contributed by atoms with Gasteiger partial charge in [-0.05, 0) is 61.8 Å². The summed E-state index contributed by atoms with van der Waals surface area (Å²) in [6.45, 7) is 5.09. The van der Waals surface area contributed by atoms with Gasteiger partial charge in [-0.25, -0.2) is 8.42 Å². The van der Waals surface area contributed by atoms with Gasteiger partial charge in [-0.3, -0.25) is 9.10 Å². The molecule has 2 aromatic carbocycles. The quantitative estimate of drug-likeness (QED) is 0.672. The highest BCUT2D eigenvalue weighted by molar-refractivity contribution is 7.92. The highest BCUT2D eigenvalue weighted by Gasteiger charge is 2.33. The number of anilines is 1. The van der Waals surface area contributed by atoms with E-state index in [4.69, 9.17) is 0 Å². The number of benzene rings is 2. The minimum Gasteiger partial charge on any atom is -0.341 e. The fourth-order valence-corrected chi connectivity index (χ4v) is 5.42. The van der Waals surface area contributed by atoms with Crippen LogP contribution in [0.5, 0.6) is 0 Å². The Kier molecular flexibility index (Phi) is 7.19. The molecule has 1 amide bonds. The standard InChI is InChI=1S/C24H32N2O3S/c1-4-20-10-12-23(13-11-20)26(30(3,28)29)19(2)24(27)25-16-14-22(15-17-25)18-21-8-6-5-7-9-21/h5-13,19,22H,4,14-18H2,1-3H3/t19-/m1/s1. The van der Waals surface area contributed by atoms with Crippen LogP contribution in [0.1, 0.15) is 37.8 Å². The molecule has 0 aliphatic carbocycles. The van der Waals surface area contributed by atoms with Gasteiger partial charge in [-0.2, -0.15) is 0 Å². The molecule has 3 rings (SSSR count). The van der Waals surface area contributed by atoms with Crippen molar-refractivity contribution in [3.63, 3.8) is 0 Å². The number of amides is 1. The van der Waals surface area contributed by atoms with Gasteiger partial charge >= 0.3 is 0 Å². The van der Waals surface area contributed by atoms with E-state index in [0.717, 1.165) is 37.5 Å². The molecule has 1 heterocycles. The first-order valence-corrected chi connectivity index (χ1v) is 12.6. The van der Waals surface area contributed by atoms with Crippen LogP contribution in [0.3, 0.4) is 0 Å². The molecule has 0 radical (unpaired) electrons. The molecule has 1 aliphatic rings. The fraction of sp³-hybridized carbons (Fsp3) is 0.458. The first-order valence-electron chi connectivity index (χ1n) is 10.7. The highest BCUT2D eigenvalue weighted by Crippen LogP contribution is 2.26. The molecule has 1 saturated heterocycles. The average Bonchev–Trinajstić information content (AvgIpc) is 2.74. The van der Waals surface area contributed by atoms with Crippen molar-refractivity contribution in [3.05, 3.63) is 65.7 Å². The minimum atomic E-state index is -3.59. The van der Waals surface area contributed by atoms with E-state index in [0.29, 0.717) is 24.7 Å². The van der Waals surface area contributed by atoms with Gasteiger partial charge in [0.25, 0.3) is 0 Å². The van der Waals surface area contributed by atoms with Crippen LogP contribution >= 0.6 is 0 Å². The van der Waals surface area contributed by atoms with Gasteiger partial charge in [0.1, 0.15) is 6.04 Å². The van der Waals surface area contributed by atoms with Crippen molar-refractivity contribution in [2.24, 2.45) is 5.92 Å². The van der Waals surface area contributed by atoms with Crippen molar-refractivity contribution in [1.82, 2.24) is 4.90 Å². The number of piperidine rings is 1. The van der Waals surface area contributed by atoms with E-state index in [1.54, 1.807) is 19.1 Å². The Balaban J connectivity index is 1.67. The summed E-state index contributed by atoms with van der Waals surface area (Å²) in [6.07, 6.45) is 4.95. The minimum absolute atomic E-state index is 0.127. The molecule has 6 heteroatoms. The summed E-state index contributed by atoms with van der Waals surface area (Å²) in [5, 5.41) is 0. The molecule has 1 fully saturated rings. The van der Waals surface area contributed by atoms with Gasteiger partial charge in [0.15, 0.2) is 0 Å². The molecule has 0 bridgehead atoms. The number of hydrogen-bond donors (Lipinski definition) is 0. The van der Waals surface area contributed by atoms with Crippen molar-refractivity contribution in [2.45, 2.75) is 45.6 Å². The molecule has 0 N–H and O–H groups in total. The van der Waals surface area contributed by atoms with Crippen LogP contribution in [0, 0.1) is 5.92 Å². The van der Waals surface area contributed by atoms with Gasteiger partial charge in [-0.15, -0.1) is 0 Å². The lowest BCUT2D eigenvalue weighted by atomic mass is 9.90. The Hall–Kier alpha value is -2.34. The summed E-state index contributed by atoms with van der Waals surface area (Å²) in [6, 6.07) is 17.1. The van der Waals surface area contributed by atoms with Crippen molar-refractivity contribution in [2.75, 3.05) is 23.7 Å². The van der Waals surface area contributed by atoms with Crippen LogP contribution in [0.25, 0.3) is 0 Å². The summed E-state index contributed by atoms with van der Waals surface area (Å²) in [7, 11) is -3.59. The normalized spacial score (nSPS) is 16.3. The second-order valence-corrected chi connectivity index (χ2v) is 10.1. The molecule has 0 spiro atoms. The van der Waals surface area contributed by atoms with E-state index >= 15 is 0 Å². The third kappa shape index (κ3) is 5.42. The van der Waals surface area contributed by atoms with E-state index in [2.05, 4.69) is 31.2 Å². The Bertz CT molecular complexity index is 934. The summed E-state index contributed by atoms with van der Waals surface area (Å²) >= 11 is 0. The Labute approximate surface area is 180 Å². The molecule has 30 heavy (non-hydrogen) atoms. The lowest BCUT2D eigenvalue weighted by Gasteiger charge is -2.36. The number of hydrogen-bond acceptors (Lipinski definition) is 3. The highest BCUT2D eigenvalue weighted by atomic mass is 32.2. The molecular formula is C24H32N2O3S. The topological polar surface area (TPSA) is 57.7 Å². The van der Waals surface area contributed by atoms with Crippen LogP contribution in [0.15, 0.2) is 54.6 Å². The Morgan fingerprint density at radius 2 is 1.63 bits per heavy atom. The number of aryl methyl sites for hydroxylation is 1. The lowest BCUT2D eigenvalue weighted by molar-refractivity contribution is -0.133. The zero-order valence-electron chi connectivity index (χ0n) is 18.1. The van der Waals surface area contributed by atoms with Gasteiger partial charge in [0.2, 0.25) is 15.9 Å². The third-order valence-corrected chi connectivity index (χ3v) is 7.20. The zero-order chi connectivity index (χ0) is 21.7. The summed E-state index contributed by atoms with van der Waals surface area (Å²) in [5.74, 6) is 0.428. The van der Waals surface area contributed by atoms with Crippen molar-refractivity contribution in [1.29, 1.82) is 0 Å². The first kappa shape index (κ1) is 22.3. The third-order valence-electron chi connectivity index (χ3n) is 5.96. The van der Waals surface area contributed by atoms with E-state index in [1.807, 2.05) is 23.1 Å². The molecule has 1 atom stereocenters. The van der Waals surface area contributed by atoms with E-state index in [9.17, 15) is 13.2 Å². The molecular weight excluding hydrogens is 396 g/mol. The van der Waals surface area contributed by atoms with Gasteiger partial charge in [0.05, 0.1) is 11.9 Å². The number of likely N-dealkylation sites (tertiary alicyclic amines) is 1. The van der Waals surface area contributed by atoms with E-state index < -0.39 is 16.1 Å². The first-order chi connectivity index (χ1) is 14.3. The fourth-order valence-electron chi connectivity index (χ4n) is 4.25. The van der Waals surface area contributed by atoms with Crippen molar-refractivity contribution < 1.29 is 13.2 Å². The number of carbonyl (C=O) groups is 1. The smallest absolute Gasteiger partial charge is 0.246 e. The number of rotatable bonds is 7. The molecule has 162 valence electrons. The van der Waals surface area contributed by atoms with Gasteiger partial charge < -0.3 is 4.90 Å². The SMILES string of the molecule is CCc1ccc(N([C@H](C)C(=O)N2CCC(Cc3ccccc3)CC2)S(C)(=O)=O)cc1. The number of nitrogens with zero attached hydrogens (tertiary/aromatic N) is 2. The van der Waals surface area contributed by atoms with Crippen LogP contribution in [0.4, 0.5) is 5.69 Å². The second kappa shape index (κ2) is 9.65. The second-order valence-electron chi connectivity index (χ2n) is 8.21. The van der Waals surface area contributed by atoms with Crippen molar-refractivity contribution in [3.8, 4) is 0 Å². The monoisotopic (exact) mass is 428 g/mol. The van der Waals surface area contributed by atoms with Crippen LogP contribution < -0.4 is 4.31 Å². The molecule has 0 saturated carbocycles. The molecule has 0 unspecified atom stereocenters. The summed E-state index contributed by atoms with van der Waals surface area (Å²) in [5.41, 5.74) is 3.00. The predicted octanol–water partition coefficient (Wildman–Crippen LogP) is 3.88. The Morgan fingerprint density at radius 3 is 2.17 bits per heavy atom. The Morgan fingerprint density at radius 1 is 1.03 bits per heavy atom. The predicted molar refractivity (Wildman–Crippen MR) is 122 cm³/mol. The lowest BCUT2D eigenvalue weighted by Crippen LogP contribution is -2.51. The zero-order valence-corrected chi connectivity index (χ0v) is 18.9. The maximum atomic E-state index is 13.2. The maximum Gasteiger partial charge on any atom is 0.246 e. The molecule has 2 aromatic rings. The van der Waals surface area contributed by atoms with Gasteiger partial charge in [-0.1, -0.05) is 49.4 Å². The molecule has 5 nitrogen and oxygen atoms in total. The summed E-state index contributed by atoms with van der Waals surface area (Å²) in [4.78, 5) is 15.0. The molecule has 0 aromatic heterocycles. The van der Waals surface area contributed by atoms with E-state index in [-0.39, 0.29) is 5.91 Å². The van der Waals surface area contributed by atoms with Crippen molar-refractivity contribution >= 4 is 21.6 Å². The van der Waals surface area contributed by atoms with Gasteiger partial charge in [0, 0.05) is 13.1 Å². The van der Waals surface area contributed by atoms with Crippen LogP contribution in [0.2, 0.25) is 0 Å². The maximum absolute atomic E-state index is 13.2. The number of carbonyl (C=O) groups excluding carboxylic acids is 1. The molecule has 1 aliphatic heterocycles. The van der Waals surface area contributed by atoms with Crippen LogP contribution in [-0.2, 0) is 27.7 Å². The van der Waals surface area contributed by atoms with Crippen LogP contribution in [-0.4, -0.2) is 44.6 Å². The summed E-state index contributed by atoms with van der Waals surface area (Å²) < 4.78 is 26.3. The van der Waals surface area contributed by atoms with E-state index in [1.165, 1.54) is 9.87 Å².